The van der Waals surface area contributed by atoms with E-state index >= 15 is 0 Å². The molecular weight excluding hydrogens is 500 g/mol. The maximum absolute atomic E-state index is 12.5. The Morgan fingerprint density at radius 3 is 1.64 bits per heavy atom. The molecule has 5 rings (SSSR count). The lowest BCUT2D eigenvalue weighted by atomic mass is 9.48. The minimum absolute atomic E-state index is 0.0289. The van der Waals surface area contributed by atoms with Crippen LogP contribution in [0.3, 0.4) is 0 Å². The van der Waals surface area contributed by atoms with E-state index in [1.807, 2.05) is 41.5 Å². The molecule has 0 aromatic carbocycles. The normalized spacial score (nSPS) is 29.7. The minimum Gasteiger partial charge on any atom is -0.481 e. The highest BCUT2D eigenvalue weighted by molar-refractivity contribution is 5.78. The first-order valence-corrected chi connectivity index (χ1v) is 14.8. The highest BCUT2D eigenvalue weighted by Crippen LogP contribution is 2.63. The van der Waals surface area contributed by atoms with Crippen LogP contribution in [0.1, 0.15) is 125 Å². The number of ether oxygens (including phenoxy) is 2. The Bertz CT molecular complexity index is 869. The summed E-state index contributed by atoms with van der Waals surface area (Å²) in [5.41, 5.74) is -1.94. The summed E-state index contributed by atoms with van der Waals surface area (Å²) in [6.45, 7) is 11.5. The van der Waals surface area contributed by atoms with Crippen molar-refractivity contribution in [2.45, 2.75) is 131 Å². The van der Waals surface area contributed by atoms with E-state index in [2.05, 4.69) is 4.74 Å². The van der Waals surface area contributed by atoms with E-state index in [1.165, 1.54) is 13.5 Å². The van der Waals surface area contributed by atoms with Crippen LogP contribution in [-0.4, -0.2) is 46.8 Å². The monoisotopic (exact) mass is 552 g/mol. The van der Waals surface area contributed by atoms with Crippen LogP contribution >= 0.6 is 0 Å². The van der Waals surface area contributed by atoms with Gasteiger partial charge in [0.1, 0.15) is 5.60 Å². The molecule has 0 aliphatic heterocycles. The zero-order valence-corrected chi connectivity index (χ0v) is 25.3. The van der Waals surface area contributed by atoms with Gasteiger partial charge < -0.3 is 19.7 Å². The average Bonchev–Trinajstić information content (AvgIpc) is 2.88. The van der Waals surface area contributed by atoms with E-state index in [1.54, 1.807) is 0 Å². The van der Waals surface area contributed by atoms with Crippen molar-refractivity contribution in [1.82, 2.24) is 0 Å². The van der Waals surface area contributed by atoms with Crippen molar-refractivity contribution in [2.24, 2.45) is 34.0 Å². The zero-order chi connectivity index (χ0) is 29.6. The fourth-order valence-corrected chi connectivity index (χ4v) is 6.80. The van der Waals surface area contributed by atoms with Gasteiger partial charge in [0.05, 0.1) is 29.3 Å². The molecule has 39 heavy (non-hydrogen) atoms. The zero-order valence-electron chi connectivity index (χ0n) is 25.3. The first-order chi connectivity index (χ1) is 18.0. The lowest BCUT2D eigenvalue weighted by Crippen LogP contribution is -2.60. The molecule has 4 bridgehead atoms. The fourth-order valence-electron chi connectivity index (χ4n) is 6.80. The van der Waals surface area contributed by atoms with Gasteiger partial charge in [0.25, 0.3) is 0 Å². The van der Waals surface area contributed by atoms with Crippen molar-refractivity contribution in [3.8, 4) is 0 Å². The van der Waals surface area contributed by atoms with Crippen LogP contribution in [-0.2, 0) is 28.7 Å². The number of methoxy groups -OCH3 is 1. The molecule has 0 amide bonds. The van der Waals surface area contributed by atoms with E-state index in [4.69, 9.17) is 9.84 Å². The molecule has 8 heteroatoms. The van der Waals surface area contributed by atoms with Gasteiger partial charge in [-0.05, 0) is 97.3 Å². The number of esters is 2. The van der Waals surface area contributed by atoms with Crippen LogP contribution in [0, 0.1) is 34.0 Å². The van der Waals surface area contributed by atoms with E-state index in [-0.39, 0.29) is 23.3 Å². The van der Waals surface area contributed by atoms with Gasteiger partial charge >= 0.3 is 23.9 Å². The Balaban J connectivity index is 0.000000246. The molecule has 0 aromatic heterocycles. The number of aliphatic carboxylic acids is 2. The van der Waals surface area contributed by atoms with E-state index in [0.29, 0.717) is 18.3 Å². The van der Waals surface area contributed by atoms with Gasteiger partial charge in [0.2, 0.25) is 0 Å². The number of carbonyl (C=O) groups excluding carboxylic acids is 2. The summed E-state index contributed by atoms with van der Waals surface area (Å²) >= 11 is 0. The molecule has 5 saturated carbocycles. The van der Waals surface area contributed by atoms with Gasteiger partial charge in [-0.2, -0.15) is 0 Å². The topological polar surface area (TPSA) is 127 Å². The second-order valence-corrected chi connectivity index (χ2v) is 13.8. The molecule has 0 heterocycles. The first-order valence-electron chi connectivity index (χ1n) is 14.8. The molecular formula is C31H52O8. The number of carboxylic acid groups (broad SMARTS) is 2. The molecule has 0 aromatic rings. The van der Waals surface area contributed by atoms with Crippen molar-refractivity contribution in [2.75, 3.05) is 7.11 Å². The predicted molar refractivity (Wildman–Crippen MR) is 148 cm³/mol. The second kappa shape index (κ2) is 13.0. The van der Waals surface area contributed by atoms with Crippen LogP contribution in [0.5, 0.6) is 0 Å². The quantitative estimate of drug-likeness (QED) is 0.337. The van der Waals surface area contributed by atoms with Crippen molar-refractivity contribution in [1.29, 1.82) is 0 Å². The molecule has 2 atom stereocenters. The van der Waals surface area contributed by atoms with E-state index < -0.39 is 28.4 Å². The summed E-state index contributed by atoms with van der Waals surface area (Å²) in [7, 11) is 1.42. The highest BCUT2D eigenvalue weighted by atomic mass is 16.6. The minimum atomic E-state index is -0.688. The van der Waals surface area contributed by atoms with Crippen LogP contribution in [0.15, 0.2) is 0 Å². The van der Waals surface area contributed by atoms with Crippen molar-refractivity contribution in [3.05, 3.63) is 0 Å². The Labute approximate surface area is 234 Å². The first kappa shape index (κ1) is 33.1. The summed E-state index contributed by atoms with van der Waals surface area (Å²) in [4.78, 5) is 45.5. The lowest BCUT2D eigenvalue weighted by molar-refractivity contribution is -0.215. The van der Waals surface area contributed by atoms with Crippen molar-refractivity contribution < 1.29 is 38.9 Å². The molecule has 2 unspecified atom stereocenters. The smallest absolute Gasteiger partial charge is 0.312 e. The fraction of sp³-hybridized carbons (Fsp3) is 0.871. The van der Waals surface area contributed by atoms with Gasteiger partial charge in [-0.1, -0.05) is 33.1 Å². The summed E-state index contributed by atoms with van der Waals surface area (Å²) in [5, 5.41) is 18.2. The largest absolute Gasteiger partial charge is 0.481 e. The summed E-state index contributed by atoms with van der Waals surface area (Å²) < 4.78 is 10.5. The van der Waals surface area contributed by atoms with E-state index in [9.17, 15) is 24.3 Å². The number of hydrogen-bond donors (Lipinski definition) is 2. The third-order valence-electron chi connectivity index (χ3n) is 9.78. The van der Waals surface area contributed by atoms with Crippen molar-refractivity contribution in [3.63, 3.8) is 0 Å². The summed E-state index contributed by atoms with van der Waals surface area (Å²) in [5.74, 6) is -0.780. The summed E-state index contributed by atoms with van der Waals surface area (Å²) in [6, 6.07) is 0. The number of rotatable bonds is 7. The van der Waals surface area contributed by atoms with Crippen molar-refractivity contribution >= 4 is 23.9 Å². The molecule has 224 valence electrons. The third-order valence-corrected chi connectivity index (χ3v) is 9.78. The van der Waals surface area contributed by atoms with Crippen LogP contribution in [0.2, 0.25) is 0 Å². The van der Waals surface area contributed by atoms with Gasteiger partial charge in [0.15, 0.2) is 0 Å². The highest BCUT2D eigenvalue weighted by Gasteiger charge is 2.63. The SMILES string of the molecule is CCC(C)(C)C(=O)OC.CCC(C)(C)C(=O)OC12CC3CC(C1)CC(C(=O)O)(C3)C2.O=C(O)C1CCCCC1. The molecule has 0 radical (unpaired) electrons. The Morgan fingerprint density at radius 1 is 0.795 bits per heavy atom. The van der Waals surface area contributed by atoms with Gasteiger partial charge in [0, 0.05) is 6.42 Å². The number of hydrogen-bond acceptors (Lipinski definition) is 6. The van der Waals surface area contributed by atoms with E-state index in [0.717, 1.165) is 70.6 Å². The lowest BCUT2D eigenvalue weighted by Gasteiger charge is -2.59. The molecule has 0 spiro atoms. The summed E-state index contributed by atoms with van der Waals surface area (Å²) in [6.07, 6.45) is 11.7. The van der Waals surface area contributed by atoms with Crippen LogP contribution in [0.25, 0.3) is 0 Å². The van der Waals surface area contributed by atoms with Gasteiger partial charge in [-0.25, -0.2) is 0 Å². The molecule has 5 fully saturated rings. The number of carbonyl (C=O) groups is 4. The molecule has 2 N–H and O–H groups in total. The molecule has 8 nitrogen and oxygen atoms in total. The van der Waals surface area contributed by atoms with Gasteiger partial charge in [-0.3, -0.25) is 19.2 Å². The van der Waals surface area contributed by atoms with Gasteiger partial charge in [-0.15, -0.1) is 0 Å². The van der Waals surface area contributed by atoms with Crippen LogP contribution < -0.4 is 0 Å². The maximum Gasteiger partial charge on any atom is 0.312 e. The maximum atomic E-state index is 12.5. The average molecular weight is 553 g/mol. The predicted octanol–water partition coefficient (Wildman–Crippen LogP) is 6.64. The third kappa shape index (κ3) is 8.20. The Hall–Kier alpha value is -2.12. The number of carboxylic acids is 2. The Morgan fingerprint density at radius 2 is 1.28 bits per heavy atom. The molecule has 5 aliphatic carbocycles. The van der Waals surface area contributed by atoms with Crippen LogP contribution in [0.4, 0.5) is 0 Å². The standard InChI is InChI=1S/C17H26O4.C7H12O2.C7H14O2/c1-4-15(2,3)14(20)21-17-8-11-5-12(9-17)7-16(6-11,10-17)13(18)19;8-7(9)6-4-2-1-3-5-6;1-5-7(2,3)6(8)9-4/h11-12H,4-10H2,1-3H3,(H,18,19);6H,1-5H2,(H,8,9);5H2,1-4H3. The second-order valence-electron chi connectivity index (χ2n) is 13.8. The molecule has 0 saturated heterocycles. The molecule has 5 aliphatic rings. The Kier molecular flexibility index (Phi) is 11.1.